The van der Waals surface area contributed by atoms with Gasteiger partial charge in [-0.3, -0.25) is 9.59 Å². The predicted octanol–water partition coefficient (Wildman–Crippen LogP) is -0.107. The van der Waals surface area contributed by atoms with Crippen LogP contribution in [0.15, 0.2) is 0 Å². The third-order valence-electron chi connectivity index (χ3n) is 0. The van der Waals surface area contributed by atoms with Crippen molar-refractivity contribution in [2.24, 2.45) is 0 Å². The first-order valence-electron chi connectivity index (χ1n) is 0.534. The van der Waals surface area contributed by atoms with Gasteiger partial charge >= 0.3 is 27.0 Å². The molecule has 0 spiro atoms. The summed E-state index contributed by atoms with van der Waals surface area (Å²) in [5.74, 6) is 0. The van der Waals surface area contributed by atoms with E-state index in [1.54, 1.807) is 0 Å². The van der Waals surface area contributed by atoms with Gasteiger partial charge in [0.1, 0.15) is 0 Å². The normalized spacial score (nSPS) is 2.50. The van der Waals surface area contributed by atoms with Gasteiger partial charge in [0, 0.05) is 0 Å². The van der Waals surface area contributed by atoms with Crippen molar-refractivity contribution in [3.05, 3.63) is 0 Å². The SMILES string of the molecule is [C]=O.[C]=O.[Cl][Rh]. The van der Waals surface area contributed by atoms with E-state index in [9.17, 15) is 0 Å². The van der Waals surface area contributed by atoms with E-state index in [2.05, 4.69) is 23.3 Å². The van der Waals surface area contributed by atoms with Gasteiger partial charge in [0.25, 0.3) is 13.6 Å². The summed E-state index contributed by atoms with van der Waals surface area (Å²) in [6.45, 7) is 9.00. The molecule has 0 aliphatic rings. The van der Waals surface area contributed by atoms with E-state index in [0.717, 1.165) is 0 Å². The molecule has 0 aliphatic carbocycles. The van der Waals surface area contributed by atoms with E-state index < -0.39 is 0 Å². The topological polar surface area (TPSA) is 34.1 Å². The quantitative estimate of drug-likeness (QED) is 0.504. The number of halogens is 1. The van der Waals surface area contributed by atoms with Crippen LogP contribution in [0, 0.1) is 0 Å². The van der Waals surface area contributed by atoms with E-state index >= 15 is 0 Å². The number of rotatable bonds is 0. The fourth-order valence-electron chi connectivity index (χ4n) is 0. The van der Waals surface area contributed by atoms with Gasteiger partial charge < -0.3 is 0 Å². The Morgan fingerprint density at radius 1 is 1.00 bits per heavy atom. The van der Waals surface area contributed by atoms with Crippen LogP contribution in [-0.2, 0) is 26.9 Å². The molecule has 36 valence electrons. The molecule has 0 atom stereocenters. The summed E-state index contributed by atoms with van der Waals surface area (Å²) in [6, 6.07) is 0. The maximum absolute atomic E-state index is 7.50. The molecule has 0 bridgehead atoms. The third kappa shape index (κ3) is 701. The summed E-state index contributed by atoms with van der Waals surface area (Å²) in [4.78, 5) is 15.0. The molecule has 0 saturated heterocycles. The van der Waals surface area contributed by atoms with Gasteiger partial charge in [0.05, 0.1) is 0 Å². The molecule has 4 radical (unpaired) electrons. The molecule has 4 heteroatoms. The van der Waals surface area contributed by atoms with Crippen molar-refractivity contribution in [2.45, 2.75) is 0 Å². The Morgan fingerprint density at radius 2 is 1.00 bits per heavy atom. The molecular formula is C2ClO2Rh. The van der Waals surface area contributed by atoms with E-state index in [0.29, 0.717) is 0 Å². The van der Waals surface area contributed by atoms with Gasteiger partial charge in [-0.2, -0.15) is 0 Å². The molecular weight excluding hydrogens is 194 g/mol. The van der Waals surface area contributed by atoms with Crippen molar-refractivity contribution >= 4 is 23.3 Å². The van der Waals surface area contributed by atoms with Crippen LogP contribution in [0.1, 0.15) is 0 Å². The number of carbonyl (C=O) groups excluding carboxylic acids is 2. The molecule has 6 heavy (non-hydrogen) atoms. The van der Waals surface area contributed by atoms with E-state index in [-0.39, 0.29) is 0 Å². The van der Waals surface area contributed by atoms with Crippen LogP contribution in [0.2, 0.25) is 0 Å². The average molecular weight is 194 g/mol. The average Bonchev–Trinajstić information content (AvgIpc) is 1.81. The van der Waals surface area contributed by atoms with Crippen molar-refractivity contribution in [3.63, 3.8) is 0 Å². The molecule has 0 saturated carbocycles. The summed E-state index contributed by atoms with van der Waals surface area (Å²) >= 11 is 2.02. The number of hydrogen-bond acceptors (Lipinski definition) is 2. The summed E-state index contributed by atoms with van der Waals surface area (Å²) < 4.78 is 0. The summed E-state index contributed by atoms with van der Waals surface area (Å²) in [7, 11) is 4.53. The van der Waals surface area contributed by atoms with E-state index in [1.165, 1.54) is 0 Å². The van der Waals surface area contributed by atoms with Crippen molar-refractivity contribution < 1.29 is 26.9 Å². The van der Waals surface area contributed by atoms with Crippen molar-refractivity contribution in [2.75, 3.05) is 0 Å². The van der Waals surface area contributed by atoms with Crippen LogP contribution < -0.4 is 0 Å². The second kappa shape index (κ2) is 1480. The molecule has 0 aromatic rings. The Labute approximate surface area is 50.6 Å². The Balaban J connectivity index is -0.0000000225. The zero-order valence-corrected chi connectivity index (χ0v) is 4.92. The summed E-state index contributed by atoms with van der Waals surface area (Å²) in [6.07, 6.45) is 0. The standard InChI is InChI=1S/2CO.ClH.Rh/c2*1-2;;/h;;1H;/q;;;+1/p-1. The van der Waals surface area contributed by atoms with Gasteiger partial charge in [0.2, 0.25) is 0 Å². The Hall–Kier alpha value is 0.253. The number of hydrogen-bond donors (Lipinski definition) is 0. The second-order valence-electron chi connectivity index (χ2n) is 0. The maximum atomic E-state index is 7.50. The van der Waals surface area contributed by atoms with Crippen LogP contribution in [0.5, 0.6) is 0 Å². The van der Waals surface area contributed by atoms with E-state index in [1.807, 2.05) is 17.3 Å². The van der Waals surface area contributed by atoms with Gasteiger partial charge in [-0.05, 0) is 0 Å². The summed E-state index contributed by atoms with van der Waals surface area (Å²) in [5, 5.41) is 0. The molecule has 0 unspecified atom stereocenters. The molecule has 0 amide bonds. The Bertz CT molecular complexity index is 13.5. The minimum absolute atomic E-state index is 2.02. The molecule has 0 aromatic heterocycles. The van der Waals surface area contributed by atoms with Gasteiger partial charge in [-0.15, -0.1) is 0 Å². The summed E-state index contributed by atoms with van der Waals surface area (Å²) in [5.41, 5.74) is 0. The molecule has 0 fully saturated rings. The first-order valence-corrected chi connectivity index (χ1v) is 2.64. The Morgan fingerprint density at radius 3 is 1.00 bits per heavy atom. The second-order valence-corrected chi connectivity index (χ2v) is 0. The first-order chi connectivity index (χ1) is 3.00. The van der Waals surface area contributed by atoms with Gasteiger partial charge in [-0.1, -0.05) is 0 Å². The predicted molar refractivity (Wildman–Crippen MR) is 17.2 cm³/mol. The van der Waals surface area contributed by atoms with Crippen molar-refractivity contribution in [1.29, 1.82) is 0 Å². The molecule has 0 N–H and O–H groups in total. The molecule has 0 aliphatic heterocycles. The molecule has 0 rings (SSSR count). The third-order valence-corrected chi connectivity index (χ3v) is 0. The van der Waals surface area contributed by atoms with Crippen molar-refractivity contribution in [3.8, 4) is 0 Å². The van der Waals surface area contributed by atoms with Gasteiger partial charge in [-0.25, -0.2) is 0 Å². The van der Waals surface area contributed by atoms with Gasteiger partial charge in [0.15, 0.2) is 0 Å². The fraction of sp³-hybridized carbons (Fsp3) is 0. The fourth-order valence-corrected chi connectivity index (χ4v) is 0. The molecule has 0 heterocycles. The molecule has 0 aromatic carbocycles. The molecule has 2 nitrogen and oxygen atoms in total. The minimum atomic E-state index is 2.02. The van der Waals surface area contributed by atoms with Crippen molar-refractivity contribution in [1.82, 2.24) is 0 Å². The van der Waals surface area contributed by atoms with Crippen LogP contribution in [0.4, 0.5) is 0 Å². The van der Waals surface area contributed by atoms with Crippen LogP contribution in [-0.4, -0.2) is 13.6 Å². The monoisotopic (exact) mass is 194 g/mol. The van der Waals surface area contributed by atoms with E-state index in [4.69, 9.17) is 9.59 Å². The van der Waals surface area contributed by atoms with Crippen LogP contribution in [0.3, 0.4) is 0 Å². The van der Waals surface area contributed by atoms with Crippen LogP contribution in [0.25, 0.3) is 0 Å². The Kier molecular flexibility index (Phi) is 4020. The zero-order valence-electron chi connectivity index (χ0n) is 2.53. The van der Waals surface area contributed by atoms with Crippen LogP contribution >= 0.6 is 9.69 Å². The zero-order chi connectivity index (χ0) is 6.00. The first kappa shape index (κ1) is 16.3.